The second-order valence-corrected chi connectivity index (χ2v) is 5.41. The lowest BCUT2D eigenvalue weighted by molar-refractivity contribution is 0.0599. The second-order valence-electron chi connectivity index (χ2n) is 3.76. The number of ether oxygens (including phenoxy) is 3. The molecule has 1 aromatic carbocycles. The molecular weight excluding hydrogens is 288 g/mol. The fraction of sp³-hybridized carbons (Fsp3) is 0.417. The molecule has 112 valence electrons. The van der Waals surface area contributed by atoms with Crippen LogP contribution in [-0.4, -0.2) is 48.1 Å². The van der Waals surface area contributed by atoms with Gasteiger partial charge in [0.05, 0.1) is 26.0 Å². The molecule has 0 bridgehead atoms. The molecule has 7 nitrogen and oxygen atoms in total. The van der Waals surface area contributed by atoms with E-state index in [4.69, 9.17) is 9.47 Å². The molecule has 8 heteroatoms. The highest BCUT2D eigenvalue weighted by Gasteiger charge is 2.10. The van der Waals surface area contributed by atoms with E-state index in [0.29, 0.717) is 11.5 Å². The van der Waals surface area contributed by atoms with Crippen molar-refractivity contribution in [3.05, 3.63) is 23.8 Å². The van der Waals surface area contributed by atoms with Gasteiger partial charge in [-0.25, -0.2) is 4.79 Å². The first-order valence-corrected chi connectivity index (χ1v) is 7.42. The highest BCUT2D eigenvalue weighted by molar-refractivity contribution is 7.85. The van der Waals surface area contributed by atoms with Gasteiger partial charge in [-0.15, -0.1) is 0 Å². The first-order chi connectivity index (χ1) is 9.35. The van der Waals surface area contributed by atoms with Gasteiger partial charge >= 0.3 is 5.97 Å². The Kier molecular flexibility index (Phi) is 5.78. The Morgan fingerprint density at radius 1 is 1.10 bits per heavy atom. The molecule has 20 heavy (non-hydrogen) atoms. The zero-order valence-electron chi connectivity index (χ0n) is 11.4. The van der Waals surface area contributed by atoms with Gasteiger partial charge in [0.15, 0.2) is 0 Å². The number of carbonyl (C=O) groups excluding carboxylic acids is 1. The summed E-state index contributed by atoms with van der Waals surface area (Å²) in [5.41, 5.74) is 0.269. The van der Waals surface area contributed by atoms with Crippen LogP contribution in [0.2, 0.25) is 0 Å². The summed E-state index contributed by atoms with van der Waals surface area (Å²) in [6, 6.07) is 4.54. The Morgan fingerprint density at radius 2 is 1.75 bits per heavy atom. The largest absolute Gasteiger partial charge is 0.497 e. The minimum absolute atomic E-state index is 0.0147. The Morgan fingerprint density at radius 3 is 2.30 bits per heavy atom. The smallest absolute Gasteiger partial charge is 0.338 e. The number of methoxy groups -OCH3 is 2. The monoisotopic (exact) mass is 304 g/mol. The Hall–Kier alpha value is -1.80. The van der Waals surface area contributed by atoms with Crippen LogP contribution < -0.4 is 9.47 Å². The topological polar surface area (TPSA) is 88.1 Å². The summed E-state index contributed by atoms with van der Waals surface area (Å²) >= 11 is 0. The standard InChI is InChI=1S/C12H16O7S/c1-16-10-6-9(12(13)17-2)7-11(8-10)18-4-5-19-20(3,14)15/h6-8H,4-5H2,1-3H3. The average molecular weight is 304 g/mol. The molecule has 0 amide bonds. The molecule has 1 aromatic rings. The van der Waals surface area contributed by atoms with Gasteiger partial charge in [0.25, 0.3) is 10.1 Å². The summed E-state index contributed by atoms with van der Waals surface area (Å²) in [6.45, 7) is -0.107. The van der Waals surface area contributed by atoms with Crippen LogP contribution in [0.4, 0.5) is 0 Å². The molecule has 0 aromatic heterocycles. The molecule has 0 saturated heterocycles. The van der Waals surface area contributed by atoms with Crippen molar-refractivity contribution in [2.75, 3.05) is 33.7 Å². The van der Waals surface area contributed by atoms with Crippen molar-refractivity contribution in [1.29, 1.82) is 0 Å². The van der Waals surface area contributed by atoms with Crippen LogP contribution >= 0.6 is 0 Å². The Balaban J connectivity index is 2.71. The van der Waals surface area contributed by atoms with Crippen molar-refractivity contribution in [3.8, 4) is 11.5 Å². The van der Waals surface area contributed by atoms with Crippen molar-refractivity contribution < 1.29 is 31.6 Å². The van der Waals surface area contributed by atoms with Gasteiger partial charge < -0.3 is 14.2 Å². The van der Waals surface area contributed by atoms with E-state index >= 15 is 0 Å². The number of rotatable bonds is 7. The van der Waals surface area contributed by atoms with E-state index in [0.717, 1.165) is 6.26 Å². The Labute approximate surface area is 117 Å². The SMILES string of the molecule is COC(=O)c1cc(OC)cc(OCCOS(C)(=O)=O)c1. The zero-order chi connectivity index (χ0) is 15.2. The van der Waals surface area contributed by atoms with E-state index < -0.39 is 16.1 Å². The molecule has 0 unspecified atom stereocenters. The lowest BCUT2D eigenvalue weighted by Gasteiger charge is -2.09. The van der Waals surface area contributed by atoms with Crippen LogP contribution in [0.1, 0.15) is 10.4 Å². The maximum atomic E-state index is 11.5. The molecule has 0 aliphatic carbocycles. The molecule has 0 atom stereocenters. The molecule has 0 spiro atoms. The Bertz CT molecular complexity index is 565. The van der Waals surface area contributed by atoms with E-state index in [1.807, 2.05) is 0 Å². The maximum Gasteiger partial charge on any atom is 0.338 e. The van der Waals surface area contributed by atoms with Crippen LogP contribution in [0, 0.1) is 0 Å². The molecule has 0 aliphatic rings. The highest BCUT2D eigenvalue weighted by atomic mass is 32.2. The van der Waals surface area contributed by atoms with Gasteiger partial charge in [-0.3, -0.25) is 4.18 Å². The van der Waals surface area contributed by atoms with E-state index in [9.17, 15) is 13.2 Å². The number of carbonyl (C=O) groups is 1. The first-order valence-electron chi connectivity index (χ1n) is 5.60. The van der Waals surface area contributed by atoms with Crippen molar-refractivity contribution in [1.82, 2.24) is 0 Å². The highest BCUT2D eigenvalue weighted by Crippen LogP contribution is 2.23. The van der Waals surface area contributed by atoms with Crippen LogP contribution in [0.25, 0.3) is 0 Å². The molecule has 0 fully saturated rings. The summed E-state index contributed by atoms with van der Waals surface area (Å²) in [4.78, 5) is 11.5. The van der Waals surface area contributed by atoms with E-state index in [-0.39, 0.29) is 18.8 Å². The summed E-state index contributed by atoms with van der Waals surface area (Å²) in [6.07, 6.45) is 0.952. The number of hydrogen-bond acceptors (Lipinski definition) is 7. The van der Waals surface area contributed by atoms with Gasteiger partial charge in [0, 0.05) is 6.07 Å². The van der Waals surface area contributed by atoms with Crippen LogP contribution in [0.3, 0.4) is 0 Å². The van der Waals surface area contributed by atoms with Gasteiger partial charge in [-0.2, -0.15) is 8.42 Å². The van der Waals surface area contributed by atoms with Crippen molar-refractivity contribution >= 4 is 16.1 Å². The molecule has 0 N–H and O–H groups in total. The number of esters is 1. The maximum absolute atomic E-state index is 11.5. The second kappa shape index (κ2) is 7.11. The summed E-state index contributed by atoms with van der Waals surface area (Å²) in [7, 11) is -0.778. The normalized spacial score (nSPS) is 10.9. The van der Waals surface area contributed by atoms with Gasteiger partial charge in [0.1, 0.15) is 24.7 Å². The summed E-state index contributed by atoms with van der Waals surface area (Å²) < 4.78 is 41.0. The fourth-order valence-corrected chi connectivity index (χ4v) is 1.72. The van der Waals surface area contributed by atoms with Crippen molar-refractivity contribution in [3.63, 3.8) is 0 Å². The molecule has 0 radical (unpaired) electrons. The lowest BCUT2D eigenvalue weighted by atomic mass is 10.2. The third-order valence-corrected chi connectivity index (χ3v) is 2.78. The summed E-state index contributed by atoms with van der Waals surface area (Å²) in [5, 5.41) is 0. The lowest BCUT2D eigenvalue weighted by Crippen LogP contribution is -2.11. The van der Waals surface area contributed by atoms with Gasteiger partial charge in [-0.05, 0) is 12.1 Å². The van der Waals surface area contributed by atoms with Gasteiger partial charge in [0.2, 0.25) is 0 Å². The molecule has 0 heterocycles. The van der Waals surface area contributed by atoms with E-state index in [2.05, 4.69) is 8.92 Å². The van der Waals surface area contributed by atoms with Crippen LogP contribution in [0.15, 0.2) is 18.2 Å². The van der Waals surface area contributed by atoms with Gasteiger partial charge in [-0.1, -0.05) is 0 Å². The van der Waals surface area contributed by atoms with Crippen LogP contribution in [0.5, 0.6) is 11.5 Å². The third kappa shape index (κ3) is 5.45. The predicted octanol–water partition coefficient (Wildman–Crippen LogP) is 0.837. The quantitative estimate of drug-likeness (QED) is 0.419. The average Bonchev–Trinajstić information content (AvgIpc) is 2.41. The third-order valence-electron chi connectivity index (χ3n) is 2.19. The van der Waals surface area contributed by atoms with Crippen molar-refractivity contribution in [2.45, 2.75) is 0 Å². The summed E-state index contributed by atoms with van der Waals surface area (Å²) in [5.74, 6) is 0.245. The predicted molar refractivity (Wildman–Crippen MR) is 70.6 cm³/mol. The minimum atomic E-state index is -3.50. The van der Waals surface area contributed by atoms with E-state index in [1.165, 1.54) is 26.4 Å². The molecule has 1 rings (SSSR count). The fourth-order valence-electron chi connectivity index (χ4n) is 1.35. The molecule has 0 aliphatic heterocycles. The minimum Gasteiger partial charge on any atom is -0.497 e. The number of hydrogen-bond donors (Lipinski definition) is 0. The molecular formula is C12H16O7S. The zero-order valence-corrected chi connectivity index (χ0v) is 12.2. The van der Waals surface area contributed by atoms with Crippen molar-refractivity contribution in [2.24, 2.45) is 0 Å². The van der Waals surface area contributed by atoms with E-state index in [1.54, 1.807) is 6.07 Å². The molecule has 0 saturated carbocycles. The van der Waals surface area contributed by atoms with Crippen LogP contribution in [-0.2, 0) is 19.0 Å². The number of benzene rings is 1. The first kappa shape index (κ1) is 16.3.